The highest BCUT2D eigenvalue weighted by Gasteiger charge is 2.25. The van der Waals surface area contributed by atoms with Crippen LogP contribution in [0.25, 0.3) is 0 Å². The summed E-state index contributed by atoms with van der Waals surface area (Å²) in [5.74, 6) is 0.579. The van der Waals surface area contributed by atoms with E-state index in [0.717, 1.165) is 0 Å². The second-order valence-electron chi connectivity index (χ2n) is 8.47. The van der Waals surface area contributed by atoms with E-state index in [9.17, 15) is 18.0 Å². The Balaban J connectivity index is 1.67. The maximum absolute atomic E-state index is 13.1. The summed E-state index contributed by atoms with van der Waals surface area (Å²) >= 11 is 0. The molecule has 1 aliphatic heterocycles. The Labute approximate surface area is 200 Å². The Morgan fingerprint density at radius 3 is 2.35 bits per heavy atom. The van der Waals surface area contributed by atoms with Gasteiger partial charge in [0.25, 0.3) is 15.9 Å². The summed E-state index contributed by atoms with van der Waals surface area (Å²) in [7, 11) is -2.36. The van der Waals surface area contributed by atoms with Crippen molar-refractivity contribution in [1.82, 2.24) is 9.80 Å². The average molecular weight is 490 g/mol. The monoisotopic (exact) mass is 489 g/mol. The maximum Gasteiger partial charge on any atom is 0.409 e. The minimum Gasteiger partial charge on any atom is -0.497 e. The predicted molar refractivity (Wildman–Crippen MR) is 129 cm³/mol. The lowest BCUT2D eigenvalue weighted by atomic mass is 10.2. The SMILES string of the molecule is COc1ccc(NS(=O)(=O)c2cccc(C(=O)N3CCCN(C(=O)OCC(C)C)CC3)c2)cc1. The summed E-state index contributed by atoms with van der Waals surface area (Å²) in [5.41, 5.74) is 0.655. The second-order valence-corrected chi connectivity index (χ2v) is 10.1. The van der Waals surface area contributed by atoms with Gasteiger partial charge in [0.05, 0.1) is 18.6 Å². The first-order chi connectivity index (χ1) is 16.2. The molecule has 34 heavy (non-hydrogen) atoms. The molecule has 0 spiro atoms. The standard InChI is InChI=1S/C24H31N3O6S/c1-18(2)17-33-24(29)27-13-5-12-26(14-15-27)23(28)19-6-4-7-22(16-19)34(30,31)25-20-8-10-21(32-3)11-9-20/h4,6-11,16,18,25H,5,12-15,17H2,1-3H3. The van der Waals surface area contributed by atoms with Gasteiger partial charge in [0, 0.05) is 37.4 Å². The van der Waals surface area contributed by atoms with Gasteiger partial charge in [-0.05, 0) is 54.8 Å². The Bertz CT molecular complexity index is 1100. The zero-order valence-corrected chi connectivity index (χ0v) is 20.5. The van der Waals surface area contributed by atoms with Crippen LogP contribution in [0.4, 0.5) is 10.5 Å². The number of sulfonamides is 1. The summed E-state index contributed by atoms with van der Waals surface area (Å²) < 4.78 is 38.6. The topological polar surface area (TPSA) is 105 Å². The third-order valence-corrected chi connectivity index (χ3v) is 6.69. The third-order valence-electron chi connectivity index (χ3n) is 5.31. The van der Waals surface area contributed by atoms with Crippen molar-refractivity contribution in [2.75, 3.05) is 44.6 Å². The first-order valence-electron chi connectivity index (χ1n) is 11.2. The van der Waals surface area contributed by atoms with Gasteiger partial charge in [-0.3, -0.25) is 9.52 Å². The van der Waals surface area contributed by atoms with Crippen LogP contribution in [-0.4, -0.2) is 70.1 Å². The molecule has 0 unspecified atom stereocenters. The number of carbonyl (C=O) groups excluding carboxylic acids is 2. The van der Waals surface area contributed by atoms with E-state index in [4.69, 9.17) is 9.47 Å². The molecular weight excluding hydrogens is 458 g/mol. The molecule has 0 aromatic heterocycles. The maximum atomic E-state index is 13.1. The first-order valence-corrected chi connectivity index (χ1v) is 12.7. The molecule has 3 rings (SSSR count). The van der Waals surface area contributed by atoms with Crippen molar-refractivity contribution in [1.29, 1.82) is 0 Å². The number of rotatable bonds is 7. The molecule has 0 atom stereocenters. The van der Waals surface area contributed by atoms with Gasteiger partial charge in [0.15, 0.2) is 0 Å². The molecule has 1 aliphatic rings. The Hall–Kier alpha value is -3.27. The zero-order chi connectivity index (χ0) is 24.7. The third kappa shape index (κ3) is 6.63. The van der Waals surface area contributed by atoms with Crippen molar-refractivity contribution < 1.29 is 27.5 Å². The lowest BCUT2D eigenvalue weighted by Gasteiger charge is -2.22. The lowest BCUT2D eigenvalue weighted by Crippen LogP contribution is -2.38. The summed E-state index contributed by atoms with van der Waals surface area (Å²) in [6.07, 6.45) is 0.236. The summed E-state index contributed by atoms with van der Waals surface area (Å²) in [6, 6.07) is 12.4. The van der Waals surface area contributed by atoms with Crippen LogP contribution >= 0.6 is 0 Å². The van der Waals surface area contributed by atoms with E-state index in [2.05, 4.69) is 4.72 Å². The van der Waals surface area contributed by atoms with E-state index in [1.54, 1.807) is 46.2 Å². The molecule has 2 aromatic carbocycles. The molecule has 2 amide bonds. The predicted octanol–water partition coefficient (Wildman–Crippen LogP) is 3.44. The van der Waals surface area contributed by atoms with Crippen molar-refractivity contribution in [2.45, 2.75) is 25.2 Å². The number of ether oxygens (including phenoxy) is 2. The molecule has 1 saturated heterocycles. The van der Waals surface area contributed by atoms with Gasteiger partial charge in [-0.1, -0.05) is 19.9 Å². The number of amides is 2. The van der Waals surface area contributed by atoms with Gasteiger partial charge in [-0.15, -0.1) is 0 Å². The minimum absolute atomic E-state index is 0.0112. The molecule has 1 fully saturated rings. The Morgan fingerprint density at radius 2 is 1.68 bits per heavy atom. The van der Waals surface area contributed by atoms with Gasteiger partial charge in [0.2, 0.25) is 0 Å². The highest BCUT2D eigenvalue weighted by molar-refractivity contribution is 7.92. The first kappa shape index (κ1) is 25.4. The number of hydrogen-bond acceptors (Lipinski definition) is 6. The van der Waals surface area contributed by atoms with Crippen LogP contribution in [-0.2, 0) is 14.8 Å². The Kier molecular flexibility index (Phi) is 8.38. The number of anilines is 1. The largest absolute Gasteiger partial charge is 0.497 e. The molecule has 0 saturated carbocycles. The zero-order valence-electron chi connectivity index (χ0n) is 19.7. The fourth-order valence-electron chi connectivity index (χ4n) is 3.48. The highest BCUT2D eigenvalue weighted by Crippen LogP contribution is 2.21. The summed E-state index contributed by atoms with van der Waals surface area (Å²) in [5, 5.41) is 0. The van der Waals surface area contributed by atoms with Crippen molar-refractivity contribution in [3.05, 3.63) is 54.1 Å². The number of methoxy groups -OCH3 is 1. The highest BCUT2D eigenvalue weighted by atomic mass is 32.2. The van der Waals surface area contributed by atoms with Crippen LogP contribution in [0.3, 0.4) is 0 Å². The second kappa shape index (κ2) is 11.2. The molecule has 1 N–H and O–H groups in total. The van der Waals surface area contributed by atoms with Crippen LogP contribution in [0.2, 0.25) is 0 Å². The van der Waals surface area contributed by atoms with E-state index in [-0.39, 0.29) is 28.4 Å². The fraction of sp³-hybridized carbons (Fsp3) is 0.417. The molecule has 0 bridgehead atoms. The number of benzene rings is 2. The Morgan fingerprint density at radius 1 is 1.00 bits per heavy atom. The van der Waals surface area contributed by atoms with E-state index in [0.29, 0.717) is 50.6 Å². The van der Waals surface area contributed by atoms with Gasteiger partial charge in [0.1, 0.15) is 5.75 Å². The number of nitrogens with one attached hydrogen (secondary N) is 1. The quantitative estimate of drug-likeness (QED) is 0.639. The van der Waals surface area contributed by atoms with Crippen LogP contribution < -0.4 is 9.46 Å². The molecule has 9 nitrogen and oxygen atoms in total. The van der Waals surface area contributed by atoms with Crippen molar-refractivity contribution in [3.8, 4) is 5.75 Å². The van der Waals surface area contributed by atoms with E-state index < -0.39 is 10.0 Å². The summed E-state index contributed by atoms with van der Waals surface area (Å²) in [6.45, 7) is 5.96. The van der Waals surface area contributed by atoms with Crippen LogP contribution in [0.5, 0.6) is 5.75 Å². The van der Waals surface area contributed by atoms with Gasteiger partial charge in [-0.2, -0.15) is 0 Å². The number of nitrogens with zero attached hydrogens (tertiary/aromatic N) is 2. The van der Waals surface area contributed by atoms with Gasteiger partial charge >= 0.3 is 6.09 Å². The average Bonchev–Trinajstić information content (AvgIpc) is 3.09. The van der Waals surface area contributed by atoms with Gasteiger partial charge in [-0.25, -0.2) is 13.2 Å². The fourth-order valence-corrected chi connectivity index (χ4v) is 4.59. The van der Waals surface area contributed by atoms with Crippen LogP contribution in [0.15, 0.2) is 53.4 Å². The molecule has 1 heterocycles. The van der Waals surface area contributed by atoms with E-state index in [1.165, 1.54) is 19.2 Å². The van der Waals surface area contributed by atoms with Crippen LogP contribution in [0, 0.1) is 5.92 Å². The molecule has 184 valence electrons. The molecule has 10 heteroatoms. The van der Waals surface area contributed by atoms with Gasteiger partial charge < -0.3 is 19.3 Å². The van der Waals surface area contributed by atoms with Crippen molar-refractivity contribution >= 4 is 27.7 Å². The van der Waals surface area contributed by atoms with Crippen molar-refractivity contribution in [2.24, 2.45) is 5.92 Å². The molecule has 0 radical (unpaired) electrons. The normalized spacial score (nSPS) is 14.5. The van der Waals surface area contributed by atoms with Crippen LogP contribution in [0.1, 0.15) is 30.6 Å². The number of carbonyl (C=O) groups is 2. The molecule has 2 aromatic rings. The van der Waals surface area contributed by atoms with Crippen molar-refractivity contribution in [3.63, 3.8) is 0 Å². The van der Waals surface area contributed by atoms with E-state index in [1.807, 2.05) is 13.8 Å². The van der Waals surface area contributed by atoms with E-state index >= 15 is 0 Å². The minimum atomic E-state index is -3.89. The summed E-state index contributed by atoms with van der Waals surface area (Å²) in [4.78, 5) is 28.6. The smallest absolute Gasteiger partial charge is 0.409 e. The molecular formula is C24H31N3O6S. The number of hydrogen-bond donors (Lipinski definition) is 1. The molecule has 0 aliphatic carbocycles. The lowest BCUT2D eigenvalue weighted by molar-refractivity contribution is 0.0746.